The number of ketones is 2. The molecule has 0 aliphatic heterocycles. The number of rotatable bonds is 9. The van der Waals surface area contributed by atoms with E-state index in [0.717, 1.165) is 10.0 Å². The van der Waals surface area contributed by atoms with Crippen LogP contribution in [0, 0.1) is 6.92 Å². The maximum atomic E-state index is 12.8. The third kappa shape index (κ3) is 6.52. The smallest absolute Gasteiger partial charge is 0.329 e. The minimum Gasteiger partial charge on any atom is -0.456 e. The summed E-state index contributed by atoms with van der Waals surface area (Å²) in [6, 6.07) is 19.7. The van der Waals surface area contributed by atoms with Gasteiger partial charge in [0, 0.05) is 32.7 Å². The van der Waals surface area contributed by atoms with Crippen LogP contribution in [0.25, 0.3) is 0 Å². The number of benzene rings is 3. The molecule has 3 aromatic rings. The molecule has 0 fully saturated rings. The normalized spacial score (nSPS) is 11.5. The first-order valence-electron chi connectivity index (χ1n) is 9.90. The first-order valence-corrected chi connectivity index (χ1v) is 11.1. The molecule has 0 saturated carbocycles. The number of ether oxygens (including phenoxy) is 1. The van der Waals surface area contributed by atoms with E-state index in [1.54, 1.807) is 60.7 Å². The van der Waals surface area contributed by atoms with Crippen molar-refractivity contribution >= 4 is 50.8 Å². The van der Waals surface area contributed by atoms with Gasteiger partial charge in [0.05, 0.1) is 0 Å². The van der Waals surface area contributed by atoms with Gasteiger partial charge in [-0.05, 0) is 36.8 Å². The van der Waals surface area contributed by atoms with Crippen molar-refractivity contribution in [2.75, 3.05) is 11.9 Å². The Kier molecular flexibility index (Phi) is 8.20. The highest BCUT2D eigenvalue weighted by molar-refractivity contribution is 9.10. The maximum absolute atomic E-state index is 12.8. The number of esters is 1. The molecule has 32 heavy (non-hydrogen) atoms. The monoisotopic (exact) mass is 513 g/mol. The highest BCUT2D eigenvalue weighted by Crippen LogP contribution is 2.22. The molecular formula is C25H21BrClNO4. The number of carbonyl (C=O) groups is 3. The summed E-state index contributed by atoms with van der Waals surface area (Å²) in [4.78, 5) is 37.9. The first kappa shape index (κ1) is 23.7. The molecule has 7 heteroatoms. The van der Waals surface area contributed by atoms with E-state index in [1.165, 1.54) is 0 Å². The van der Waals surface area contributed by atoms with Gasteiger partial charge in [-0.3, -0.25) is 9.59 Å². The van der Waals surface area contributed by atoms with E-state index in [9.17, 15) is 14.4 Å². The molecule has 5 nitrogen and oxygen atoms in total. The van der Waals surface area contributed by atoms with Crippen LogP contribution in [0.3, 0.4) is 0 Å². The summed E-state index contributed by atoms with van der Waals surface area (Å²) in [6.07, 6.45) is -0.138. The summed E-state index contributed by atoms with van der Waals surface area (Å²) < 4.78 is 6.10. The van der Waals surface area contributed by atoms with E-state index in [-0.39, 0.29) is 18.0 Å². The van der Waals surface area contributed by atoms with E-state index >= 15 is 0 Å². The Hall–Kier alpha value is -2.96. The van der Waals surface area contributed by atoms with Crippen LogP contribution in [0.1, 0.15) is 32.7 Å². The van der Waals surface area contributed by atoms with Gasteiger partial charge < -0.3 is 10.1 Å². The molecule has 1 unspecified atom stereocenters. The van der Waals surface area contributed by atoms with Crippen LogP contribution in [0.4, 0.5) is 5.69 Å². The van der Waals surface area contributed by atoms with Gasteiger partial charge in [0.25, 0.3) is 0 Å². The molecule has 0 bridgehead atoms. The number of carbonyl (C=O) groups excluding carboxylic acids is 3. The Balaban J connectivity index is 1.73. The number of hydrogen-bond donors (Lipinski definition) is 1. The molecule has 1 atom stereocenters. The number of nitrogens with one attached hydrogen (secondary N) is 1. The van der Waals surface area contributed by atoms with Gasteiger partial charge in [0.2, 0.25) is 0 Å². The number of Topliss-reactive ketones (excluding diaryl/α,β-unsaturated/α-hetero) is 2. The summed E-state index contributed by atoms with van der Waals surface area (Å²) >= 11 is 9.50. The fourth-order valence-electron chi connectivity index (χ4n) is 2.96. The second-order valence-electron chi connectivity index (χ2n) is 7.19. The molecule has 3 rings (SSSR count). The van der Waals surface area contributed by atoms with Gasteiger partial charge in [-0.25, -0.2) is 4.79 Å². The van der Waals surface area contributed by atoms with E-state index in [1.807, 2.05) is 19.1 Å². The van der Waals surface area contributed by atoms with Crippen molar-refractivity contribution in [3.8, 4) is 0 Å². The van der Waals surface area contributed by atoms with Gasteiger partial charge in [-0.15, -0.1) is 0 Å². The van der Waals surface area contributed by atoms with Crippen molar-refractivity contribution in [3.63, 3.8) is 0 Å². The molecule has 0 aliphatic carbocycles. The maximum Gasteiger partial charge on any atom is 0.329 e. The third-order valence-electron chi connectivity index (χ3n) is 4.79. The van der Waals surface area contributed by atoms with Crippen LogP contribution < -0.4 is 5.32 Å². The Bertz CT molecular complexity index is 1120. The van der Waals surface area contributed by atoms with Crippen molar-refractivity contribution in [1.29, 1.82) is 0 Å². The average molecular weight is 515 g/mol. The molecule has 164 valence electrons. The number of aryl methyl sites for hydroxylation is 1. The Labute approximate surface area is 199 Å². The Morgan fingerprint density at radius 3 is 2.25 bits per heavy atom. The second-order valence-corrected chi connectivity index (χ2v) is 8.51. The lowest BCUT2D eigenvalue weighted by atomic mass is 10.0. The average Bonchev–Trinajstić information content (AvgIpc) is 2.80. The lowest BCUT2D eigenvalue weighted by Gasteiger charge is -2.19. The minimum atomic E-state index is -0.987. The quantitative estimate of drug-likeness (QED) is 0.285. The molecule has 0 aliphatic rings. The molecule has 0 amide bonds. The number of anilines is 1. The van der Waals surface area contributed by atoms with Crippen molar-refractivity contribution in [3.05, 3.63) is 99.0 Å². The first-order chi connectivity index (χ1) is 15.3. The van der Waals surface area contributed by atoms with Crippen LogP contribution in [0.15, 0.2) is 77.3 Å². The molecule has 0 saturated heterocycles. The summed E-state index contributed by atoms with van der Waals surface area (Å²) in [7, 11) is 0. The highest BCUT2D eigenvalue weighted by atomic mass is 79.9. The van der Waals surface area contributed by atoms with Gasteiger partial charge in [0.15, 0.2) is 18.2 Å². The molecule has 0 spiro atoms. The summed E-state index contributed by atoms with van der Waals surface area (Å²) in [5.74, 6) is -1.26. The summed E-state index contributed by atoms with van der Waals surface area (Å²) in [5.41, 5.74) is 2.37. The van der Waals surface area contributed by atoms with Crippen molar-refractivity contribution in [1.82, 2.24) is 0 Å². The van der Waals surface area contributed by atoms with Crippen molar-refractivity contribution < 1.29 is 19.1 Å². The third-order valence-corrected chi connectivity index (χ3v) is 5.73. The number of hydrogen-bond acceptors (Lipinski definition) is 5. The summed E-state index contributed by atoms with van der Waals surface area (Å²) in [6.45, 7) is 1.44. The van der Waals surface area contributed by atoms with Crippen LogP contribution in [0.5, 0.6) is 0 Å². The fourth-order valence-corrected chi connectivity index (χ4v) is 3.41. The Morgan fingerprint density at radius 1 is 0.938 bits per heavy atom. The van der Waals surface area contributed by atoms with Gasteiger partial charge in [0.1, 0.15) is 6.04 Å². The SMILES string of the molecule is Cc1ccc(NC(CC(=O)c2ccccc2)C(=O)OCC(=O)c2ccc(Br)cc2)cc1Cl. The van der Waals surface area contributed by atoms with E-state index < -0.39 is 18.6 Å². The largest absolute Gasteiger partial charge is 0.456 e. The molecule has 3 aromatic carbocycles. The molecule has 0 aromatic heterocycles. The van der Waals surface area contributed by atoms with E-state index in [2.05, 4.69) is 21.2 Å². The minimum absolute atomic E-state index is 0.138. The summed E-state index contributed by atoms with van der Waals surface area (Å²) in [5, 5.41) is 3.55. The van der Waals surface area contributed by atoms with Crippen LogP contribution in [-0.4, -0.2) is 30.2 Å². The zero-order valence-corrected chi connectivity index (χ0v) is 19.7. The van der Waals surface area contributed by atoms with Crippen molar-refractivity contribution in [2.45, 2.75) is 19.4 Å². The molecular weight excluding hydrogens is 494 g/mol. The van der Waals surface area contributed by atoms with Crippen LogP contribution in [-0.2, 0) is 9.53 Å². The molecule has 0 heterocycles. The topological polar surface area (TPSA) is 72.5 Å². The van der Waals surface area contributed by atoms with Crippen molar-refractivity contribution in [2.24, 2.45) is 0 Å². The van der Waals surface area contributed by atoms with E-state index in [4.69, 9.17) is 16.3 Å². The zero-order chi connectivity index (χ0) is 23.1. The predicted octanol–water partition coefficient (Wildman–Crippen LogP) is 5.89. The lowest BCUT2D eigenvalue weighted by Crippen LogP contribution is -2.34. The van der Waals surface area contributed by atoms with Gasteiger partial charge in [-0.1, -0.05) is 76.1 Å². The van der Waals surface area contributed by atoms with E-state index in [0.29, 0.717) is 21.8 Å². The highest BCUT2D eigenvalue weighted by Gasteiger charge is 2.25. The van der Waals surface area contributed by atoms with Gasteiger partial charge >= 0.3 is 5.97 Å². The number of halogens is 2. The lowest BCUT2D eigenvalue weighted by molar-refractivity contribution is -0.143. The molecule has 0 radical (unpaired) electrons. The van der Waals surface area contributed by atoms with Gasteiger partial charge in [-0.2, -0.15) is 0 Å². The second kappa shape index (κ2) is 11.1. The zero-order valence-electron chi connectivity index (χ0n) is 17.3. The predicted molar refractivity (Wildman–Crippen MR) is 128 cm³/mol. The standard InChI is InChI=1S/C25H21BrClNO4/c1-16-7-12-20(13-21(16)27)28-22(14-23(29)17-5-3-2-4-6-17)25(31)32-15-24(30)18-8-10-19(26)11-9-18/h2-13,22,28H,14-15H2,1H3. The Morgan fingerprint density at radius 2 is 1.59 bits per heavy atom. The van der Waals surface area contributed by atoms with Crippen LogP contribution >= 0.6 is 27.5 Å². The fraction of sp³-hybridized carbons (Fsp3) is 0.160. The molecule has 1 N–H and O–H groups in total. The van der Waals surface area contributed by atoms with Crippen LogP contribution in [0.2, 0.25) is 5.02 Å².